The van der Waals surface area contributed by atoms with Crippen molar-refractivity contribution in [3.05, 3.63) is 53.6 Å². The zero-order valence-electron chi connectivity index (χ0n) is 13.4. The summed E-state index contributed by atoms with van der Waals surface area (Å²) in [6.07, 6.45) is 0.698. The van der Waals surface area contributed by atoms with E-state index in [-0.39, 0.29) is 10.8 Å². The van der Waals surface area contributed by atoms with Gasteiger partial charge in [-0.05, 0) is 36.8 Å². The maximum Gasteiger partial charge on any atom is 0.249 e. The number of sulfonamides is 1. The lowest BCUT2D eigenvalue weighted by molar-refractivity contribution is 0.580. The van der Waals surface area contributed by atoms with Crippen molar-refractivity contribution in [1.29, 1.82) is 0 Å². The summed E-state index contributed by atoms with van der Waals surface area (Å²) in [6, 6.07) is 13.7. The van der Waals surface area contributed by atoms with Crippen LogP contribution in [-0.2, 0) is 10.0 Å². The van der Waals surface area contributed by atoms with Gasteiger partial charge in [0.05, 0.1) is 15.5 Å². The van der Waals surface area contributed by atoms with E-state index in [1.165, 1.54) is 18.2 Å². The highest BCUT2D eigenvalue weighted by atomic mass is 35.5. The molecule has 0 unspecified atom stereocenters. The Balaban J connectivity index is 1.98. The molecule has 8 heteroatoms. The van der Waals surface area contributed by atoms with Gasteiger partial charge in [-0.2, -0.15) is 0 Å². The van der Waals surface area contributed by atoms with E-state index in [0.29, 0.717) is 29.4 Å². The maximum absolute atomic E-state index is 12.3. The summed E-state index contributed by atoms with van der Waals surface area (Å²) in [5.74, 6) is 0.500. The first kappa shape index (κ1) is 17.6. The highest BCUT2D eigenvalue weighted by Crippen LogP contribution is 2.31. The Bertz CT molecular complexity index is 972. The second kappa shape index (κ2) is 7.35. The van der Waals surface area contributed by atoms with Gasteiger partial charge in [0.15, 0.2) is 0 Å². The minimum Gasteiger partial charge on any atom is -0.416 e. The van der Waals surface area contributed by atoms with Crippen molar-refractivity contribution in [2.45, 2.75) is 18.2 Å². The van der Waals surface area contributed by atoms with E-state index < -0.39 is 10.0 Å². The van der Waals surface area contributed by atoms with Gasteiger partial charge in [0.2, 0.25) is 21.8 Å². The molecule has 0 amide bonds. The van der Waals surface area contributed by atoms with E-state index in [1.807, 2.05) is 37.3 Å². The number of rotatable bonds is 6. The molecule has 0 aliphatic rings. The molecule has 1 aromatic heterocycles. The van der Waals surface area contributed by atoms with E-state index in [0.717, 1.165) is 5.56 Å². The lowest BCUT2D eigenvalue weighted by Crippen LogP contribution is -2.24. The van der Waals surface area contributed by atoms with E-state index >= 15 is 0 Å². The van der Waals surface area contributed by atoms with Crippen LogP contribution in [0.4, 0.5) is 0 Å². The van der Waals surface area contributed by atoms with Crippen LogP contribution in [0, 0.1) is 0 Å². The number of hydrogen-bond donors (Lipinski definition) is 1. The van der Waals surface area contributed by atoms with Crippen LogP contribution in [0.15, 0.2) is 57.8 Å². The lowest BCUT2D eigenvalue weighted by atomic mass is 10.2. The van der Waals surface area contributed by atoms with Crippen molar-refractivity contribution in [2.24, 2.45) is 0 Å². The Morgan fingerprint density at radius 1 is 1.08 bits per heavy atom. The first-order chi connectivity index (χ1) is 12.0. The van der Waals surface area contributed by atoms with Crippen LogP contribution < -0.4 is 4.72 Å². The minimum atomic E-state index is -3.61. The van der Waals surface area contributed by atoms with Crippen molar-refractivity contribution in [1.82, 2.24) is 14.9 Å². The largest absolute Gasteiger partial charge is 0.416 e. The van der Waals surface area contributed by atoms with E-state index in [1.54, 1.807) is 0 Å². The highest BCUT2D eigenvalue weighted by Gasteiger charge is 2.19. The third kappa shape index (κ3) is 3.89. The predicted molar refractivity (Wildman–Crippen MR) is 95.7 cm³/mol. The summed E-state index contributed by atoms with van der Waals surface area (Å²) in [6.45, 7) is 2.25. The molecule has 0 aliphatic carbocycles. The summed E-state index contributed by atoms with van der Waals surface area (Å²) in [4.78, 5) is 0.0970. The topological polar surface area (TPSA) is 85.1 Å². The van der Waals surface area contributed by atoms with Crippen LogP contribution >= 0.6 is 11.6 Å². The number of aromatic nitrogens is 2. The number of nitrogens with one attached hydrogen (secondary N) is 1. The standard InChI is InChI=1S/C17H16ClN3O3S/c1-2-10-19-25(22,23)13-8-9-15(18)14(11-13)17-21-20-16(24-17)12-6-4-3-5-7-12/h3-9,11,19H,2,10H2,1H3. The third-order valence-corrected chi connectivity index (χ3v) is 5.25. The van der Waals surface area contributed by atoms with Gasteiger partial charge in [-0.1, -0.05) is 36.7 Å². The monoisotopic (exact) mass is 377 g/mol. The molecule has 0 aliphatic heterocycles. The molecule has 130 valence electrons. The van der Waals surface area contributed by atoms with Crippen molar-refractivity contribution in [2.75, 3.05) is 6.54 Å². The van der Waals surface area contributed by atoms with E-state index in [4.69, 9.17) is 16.0 Å². The first-order valence-corrected chi connectivity index (χ1v) is 9.56. The minimum absolute atomic E-state index is 0.0970. The van der Waals surface area contributed by atoms with Gasteiger partial charge in [0.1, 0.15) is 0 Å². The first-order valence-electron chi connectivity index (χ1n) is 7.70. The molecular formula is C17H16ClN3O3S. The number of halogens is 1. The van der Waals surface area contributed by atoms with E-state index in [9.17, 15) is 8.42 Å². The van der Waals surface area contributed by atoms with Crippen LogP contribution in [0.25, 0.3) is 22.9 Å². The van der Waals surface area contributed by atoms with Gasteiger partial charge in [0, 0.05) is 12.1 Å². The van der Waals surface area contributed by atoms with Crippen molar-refractivity contribution in [3.8, 4) is 22.9 Å². The van der Waals surface area contributed by atoms with Gasteiger partial charge < -0.3 is 4.42 Å². The smallest absolute Gasteiger partial charge is 0.249 e. The van der Waals surface area contributed by atoms with Crippen LogP contribution in [0.1, 0.15) is 13.3 Å². The Morgan fingerprint density at radius 2 is 1.80 bits per heavy atom. The quantitative estimate of drug-likeness (QED) is 0.707. The molecular weight excluding hydrogens is 362 g/mol. The molecule has 6 nitrogen and oxygen atoms in total. The maximum atomic E-state index is 12.3. The molecule has 0 saturated heterocycles. The molecule has 3 aromatic rings. The molecule has 25 heavy (non-hydrogen) atoms. The molecule has 0 fully saturated rings. The Morgan fingerprint density at radius 3 is 2.52 bits per heavy atom. The number of nitrogens with zero attached hydrogens (tertiary/aromatic N) is 2. The second-order valence-electron chi connectivity index (χ2n) is 5.32. The average Bonchev–Trinajstić information content (AvgIpc) is 3.11. The summed E-state index contributed by atoms with van der Waals surface area (Å²) >= 11 is 6.20. The lowest BCUT2D eigenvalue weighted by Gasteiger charge is -2.07. The molecule has 0 radical (unpaired) electrons. The molecule has 0 saturated carbocycles. The Hall–Kier alpha value is -2.22. The number of benzene rings is 2. The Kier molecular flexibility index (Phi) is 5.17. The van der Waals surface area contributed by atoms with Crippen LogP contribution in [0.5, 0.6) is 0 Å². The number of hydrogen-bond acceptors (Lipinski definition) is 5. The molecule has 3 rings (SSSR count). The molecule has 0 atom stereocenters. The summed E-state index contributed by atoms with van der Waals surface area (Å²) in [5.41, 5.74) is 1.14. The fraction of sp³-hybridized carbons (Fsp3) is 0.176. The van der Waals surface area contributed by atoms with Crippen molar-refractivity contribution < 1.29 is 12.8 Å². The molecule has 1 heterocycles. The van der Waals surface area contributed by atoms with Gasteiger partial charge in [0.25, 0.3) is 0 Å². The third-order valence-electron chi connectivity index (χ3n) is 3.47. The Labute approximate surface area is 150 Å². The summed E-state index contributed by atoms with van der Waals surface area (Å²) in [7, 11) is -3.61. The van der Waals surface area contributed by atoms with Gasteiger partial charge in [-0.15, -0.1) is 10.2 Å². The van der Waals surface area contributed by atoms with Gasteiger partial charge in [-0.3, -0.25) is 0 Å². The summed E-state index contributed by atoms with van der Waals surface area (Å²) in [5, 5.41) is 8.33. The zero-order valence-corrected chi connectivity index (χ0v) is 15.0. The SMILES string of the molecule is CCCNS(=O)(=O)c1ccc(Cl)c(-c2nnc(-c3ccccc3)o2)c1. The van der Waals surface area contributed by atoms with Crippen molar-refractivity contribution >= 4 is 21.6 Å². The normalized spacial score (nSPS) is 11.6. The van der Waals surface area contributed by atoms with Gasteiger partial charge >= 0.3 is 0 Å². The van der Waals surface area contributed by atoms with Crippen LogP contribution in [0.2, 0.25) is 5.02 Å². The van der Waals surface area contributed by atoms with Crippen LogP contribution in [0.3, 0.4) is 0 Å². The van der Waals surface area contributed by atoms with Crippen molar-refractivity contribution in [3.63, 3.8) is 0 Å². The highest BCUT2D eigenvalue weighted by molar-refractivity contribution is 7.89. The van der Waals surface area contributed by atoms with Crippen LogP contribution in [-0.4, -0.2) is 25.2 Å². The molecule has 0 bridgehead atoms. The predicted octanol–water partition coefficient (Wildman–Crippen LogP) is 3.75. The molecule has 2 aromatic carbocycles. The fourth-order valence-electron chi connectivity index (χ4n) is 2.18. The average molecular weight is 378 g/mol. The van der Waals surface area contributed by atoms with Gasteiger partial charge in [-0.25, -0.2) is 13.1 Å². The van der Waals surface area contributed by atoms with E-state index in [2.05, 4.69) is 14.9 Å². The molecule has 0 spiro atoms. The zero-order chi connectivity index (χ0) is 17.9. The fourth-order valence-corrected chi connectivity index (χ4v) is 3.54. The summed E-state index contributed by atoms with van der Waals surface area (Å²) < 4.78 is 32.8. The molecule has 1 N–H and O–H groups in total. The second-order valence-corrected chi connectivity index (χ2v) is 7.49.